The number of nitrogens with zero attached hydrogens (tertiary/aromatic N) is 3. The van der Waals surface area contributed by atoms with Crippen LogP contribution in [-0.4, -0.2) is 47.5 Å². The molecule has 0 saturated carbocycles. The maximum Gasteiger partial charge on any atom is 0.0898 e. The topological polar surface area (TPSA) is 91.3 Å². The van der Waals surface area contributed by atoms with Crippen LogP contribution in [-0.2, 0) is 0 Å². The van der Waals surface area contributed by atoms with Crippen molar-refractivity contribution in [3.8, 4) is 12.1 Å². The summed E-state index contributed by atoms with van der Waals surface area (Å²) in [5, 5.41) is 34.1. The van der Waals surface area contributed by atoms with E-state index in [0.29, 0.717) is 0 Å². The zero-order valence-corrected chi connectivity index (χ0v) is 6.64. The summed E-state index contributed by atoms with van der Waals surface area (Å²) in [6, 6.07) is 3.73. The highest BCUT2D eigenvalue weighted by molar-refractivity contribution is 4.84. The van der Waals surface area contributed by atoms with Crippen LogP contribution < -0.4 is 0 Å². The van der Waals surface area contributed by atoms with Crippen LogP contribution in [0.1, 0.15) is 0 Å². The van der Waals surface area contributed by atoms with Crippen molar-refractivity contribution in [2.45, 2.75) is 6.10 Å². The standard InChI is InChI=1S/C7H11N3O2/c8-1-3-10(4-2-9)5-7(12)6-11/h7,11-12H,3-6H2. The van der Waals surface area contributed by atoms with Gasteiger partial charge in [0.15, 0.2) is 0 Å². The molecule has 0 radical (unpaired) electrons. The third-order valence-electron chi connectivity index (χ3n) is 1.27. The molecule has 0 aliphatic heterocycles. The highest BCUT2D eigenvalue weighted by Crippen LogP contribution is 1.90. The summed E-state index contributed by atoms with van der Waals surface area (Å²) in [7, 11) is 0. The maximum atomic E-state index is 8.97. The first kappa shape index (κ1) is 10.9. The average molecular weight is 169 g/mol. The fourth-order valence-corrected chi connectivity index (χ4v) is 0.741. The van der Waals surface area contributed by atoms with Gasteiger partial charge in [-0.25, -0.2) is 0 Å². The van der Waals surface area contributed by atoms with Gasteiger partial charge >= 0.3 is 0 Å². The van der Waals surface area contributed by atoms with Gasteiger partial charge in [0.1, 0.15) is 0 Å². The molecule has 0 aliphatic rings. The van der Waals surface area contributed by atoms with E-state index >= 15 is 0 Å². The van der Waals surface area contributed by atoms with Gasteiger partial charge in [0.25, 0.3) is 0 Å². The highest BCUT2D eigenvalue weighted by Gasteiger charge is 2.09. The van der Waals surface area contributed by atoms with Crippen molar-refractivity contribution in [2.75, 3.05) is 26.2 Å². The summed E-state index contributed by atoms with van der Waals surface area (Å²) in [5.74, 6) is 0. The fraction of sp³-hybridized carbons (Fsp3) is 0.714. The van der Waals surface area contributed by atoms with E-state index in [2.05, 4.69) is 0 Å². The van der Waals surface area contributed by atoms with Gasteiger partial charge in [-0.05, 0) is 0 Å². The molecule has 12 heavy (non-hydrogen) atoms. The van der Waals surface area contributed by atoms with Crippen molar-refractivity contribution in [1.82, 2.24) is 4.90 Å². The molecular formula is C7H11N3O2. The Morgan fingerprint density at radius 2 is 1.75 bits per heavy atom. The lowest BCUT2D eigenvalue weighted by Crippen LogP contribution is -2.34. The van der Waals surface area contributed by atoms with Gasteiger partial charge in [0.05, 0.1) is 37.9 Å². The molecule has 0 aromatic heterocycles. The Labute approximate surface area is 71.1 Å². The molecule has 0 saturated heterocycles. The van der Waals surface area contributed by atoms with Crippen LogP contribution in [0, 0.1) is 22.7 Å². The normalized spacial score (nSPS) is 12.1. The number of hydrogen-bond acceptors (Lipinski definition) is 5. The van der Waals surface area contributed by atoms with Crippen molar-refractivity contribution in [2.24, 2.45) is 0 Å². The lowest BCUT2D eigenvalue weighted by atomic mass is 10.3. The first-order valence-electron chi connectivity index (χ1n) is 3.49. The SMILES string of the molecule is N#CCN(CC#N)CC(O)CO. The number of rotatable bonds is 5. The average Bonchev–Trinajstić information content (AvgIpc) is 2.05. The van der Waals surface area contributed by atoms with Crippen molar-refractivity contribution in [1.29, 1.82) is 10.5 Å². The van der Waals surface area contributed by atoms with E-state index in [1.807, 2.05) is 12.1 Å². The van der Waals surface area contributed by atoms with Gasteiger partial charge in [-0.3, -0.25) is 4.90 Å². The second kappa shape index (κ2) is 6.56. The first-order chi connectivity index (χ1) is 5.74. The van der Waals surface area contributed by atoms with Gasteiger partial charge in [-0.2, -0.15) is 10.5 Å². The van der Waals surface area contributed by atoms with Gasteiger partial charge in [-0.15, -0.1) is 0 Å². The number of nitriles is 2. The number of aliphatic hydroxyl groups excluding tert-OH is 2. The number of hydrogen-bond donors (Lipinski definition) is 2. The summed E-state index contributed by atoms with van der Waals surface area (Å²) in [4.78, 5) is 1.46. The van der Waals surface area contributed by atoms with Crippen LogP contribution in [0.15, 0.2) is 0 Å². The van der Waals surface area contributed by atoms with Crippen LogP contribution in [0.5, 0.6) is 0 Å². The van der Waals surface area contributed by atoms with E-state index in [9.17, 15) is 0 Å². The molecule has 0 amide bonds. The third-order valence-corrected chi connectivity index (χ3v) is 1.27. The van der Waals surface area contributed by atoms with E-state index in [0.717, 1.165) is 0 Å². The lowest BCUT2D eigenvalue weighted by molar-refractivity contribution is 0.0666. The second-order valence-corrected chi connectivity index (χ2v) is 2.32. The van der Waals surface area contributed by atoms with Crippen LogP contribution in [0.25, 0.3) is 0 Å². The monoisotopic (exact) mass is 169 g/mol. The van der Waals surface area contributed by atoms with E-state index in [1.54, 1.807) is 0 Å². The second-order valence-electron chi connectivity index (χ2n) is 2.32. The predicted octanol–water partition coefficient (Wildman–Crippen LogP) is -1.31. The molecule has 0 spiro atoms. The smallest absolute Gasteiger partial charge is 0.0898 e. The molecule has 5 nitrogen and oxygen atoms in total. The van der Waals surface area contributed by atoms with E-state index in [1.165, 1.54) is 4.90 Å². The van der Waals surface area contributed by atoms with Crippen molar-refractivity contribution in [3.05, 3.63) is 0 Å². The largest absolute Gasteiger partial charge is 0.394 e. The third kappa shape index (κ3) is 4.64. The van der Waals surface area contributed by atoms with Crippen LogP contribution in [0.4, 0.5) is 0 Å². The van der Waals surface area contributed by atoms with Crippen molar-refractivity contribution >= 4 is 0 Å². The Morgan fingerprint density at radius 3 is 2.08 bits per heavy atom. The predicted molar refractivity (Wildman–Crippen MR) is 40.8 cm³/mol. The molecule has 0 rings (SSSR count). The molecule has 66 valence electrons. The van der Waals surface area contributed by atoms with E-state index in [4.69, 9.17) is 20.7 Å². The quantitative estimate of drug-likeness (QED) is 0.498. The Kier molecular flexibility index (Phi) is 5.94. The molecule has 0 heterocycles. The van der Waals surface area contributed by atoms with Gasteiger partial charge in [0.2, 0.25) is 0 Å². The molecule has 0 aliphatic carbocycles. The van der Waals surface area contributed by atoms with Gasteiger partial charge < -0.3 is 10.2 Å². The summed E-state index contributed by atoms with van der Waals surface area (Å²) in [6.45, 7) is -0.0276. The van der Waals surface area contributed by atoms with Crippen LogP contribution in [0.2, 0.25) is 0 Å². The molecule has 0 fully saturated rings. The Balaban J connectivity index is 3.80. The Morgan fingerprint density at radius 1 is 1.25 bits per heavy atom. The number of aliphatic hydroxyl groups is 2. The maximum absolute atomic E-state index is 8.97. The molecule has 2 N–H and O–H groups in total. The summed E-state index contributed by atoms with van der Waals surface area (Å²) in [6.07, 6.45) is -0.883. The van der Waals surface area contributed by atoms with Crippen LogP contribution in [0.3, 0.4) is 0 Å². The molecule has 1 unspecified atom stereocenters. The summed E-state index contributed by atoms with van der Waals surface area (Å²) < 4.78 is 0. The minimum Gasteiger partial charge on any atom is -0.394 e. The molecule has 0 bridgehead atoms. The minimum atomic E-state index is -0.883. The lowest BCUT2D eigenvalue weighted by Gasteiger charge is -2.17. The van der Waals surface area contributed by atoms with Gasteiger partial charge in [-0.1, -0.05) is 0 Å². The van der Waals surface area contributed by atoms with Crippen molar-refractivity contribution < 1.29 is 10.2 Å². The van der Waals surface area contributed by atoms with E-state index in [-0.39, 0.29) is 26.2 Å². The molecule has 1 atom stereocenters. The zero-order valence-electron chi connectivity index (χ0n) is 6.64. The highest BCUT2D eigenvalue weighted by atomic mass is 16.3. The Hall–Kier alpha value is -1.14. The summed E-state index contributed by atoms with van der Waals surface area (Å²) >= 11 is 0. The molecule has 0 aromatic rings. The van der Waals surface area contributed by atoms with Crippen molar-refractivity contribution in [3.63, 3.8) is 0 Å². The first-order valence-corrected chi connectivity index (χ1v) is 3.49. The minimum absolute atomic E-state index is 0.0879. The van der Waals surface area contributed by atoms with Crippen LogP contribution >= 0.6 is 0 Å². The van der Waals surface area contributed by atoms with Gasteiger partial charge in [0, 0.05) is 6.54 Å². The fourth-order valence-electron chi connectivity index (χ4n) is 0.741. The van der Waals surface area contributed by atoms with E-state index < -0.39 is 6.10 Å². The molecular weight excluding hydrogens is 158 g/mol. The molecule has 5 heteroatoms. The summed E-state index contributed by atoms with van der Waals surface area (Å²) in [5.41, 5.74) is 0. The molecule has 0 aromatic carbocycles. The zero-order chi connectivity index (χ0) is 9.40. The Bertz CT molecular complexity index is 178.